The average molecular weight is 508 g/mol. The largest absolute Gasteiger partial charge is 0.480 e. The smallest absolute Gasteiger partial charge is 0.327 e. The molecule has 12 heteroatoms. The third-order valence-electron chi connectivity index (χ3n) is 5.41. The summed E-state index contributed by atoms with van der Waals surface area (Å²) in [5.41, 5.74) is 7.39. The molecule has 3 amide bonds. The molecule has 0 saturated carbocycles. The first-order valence-electron chi connectivity index (χ1n) is 11.2. The number of carboxylic acids is 1. The Hall–Kier alpha value is -3.09. The highest BCUT2D eigenvalue weighted by molar-refractivity contribution is 7.80. The van der Waals surface area contributed by atoms with E-state index in [0.717, 1.165) is 10.9 Å². The van der Waals surface area contributed by atoms with Gasteiger partial charge in [0, 0.05) is 29.3 Å². The van der Waals surface area contributed by atoms with Gasteiger partial charge in [0.15, 0.2) is 0 Å². The van der Waals surface area contributed by atoms with Crippen LogP contribution in [0.4, 0.5) is 0 Å². The summed E-state index contributed by atoms with van der Waals surface area (Å²) in [5.74, 6) is -3.44. The Bertz CT molecular complexity index is 1040. The zero-order chi connectivity index (χ0) is 26.1. The average Bonchev–Trinajstić information content (AvgIpc) is 3.22. The quantitative estimate of drug-likeness (QED) is 0.169. The third kappa shape index (κ3) is 7.98. The predicted octanol–water partition coefficient (Wildman–Crippen LogP) is -0.455. The van der Waals surface area contributed by atoms with Gasteiger partial charge in [-0.1, -0.05) is 32.0 Å². The van der Waals surface area contributed by atoms with Gasteiger partial charge in [-0.05, 0) is 24.0 Å². The molecular formula is C23H33N5O6S. The normalized spacial score (nSPS) is 14.7. The number of fused-ring (bicyclic) bond motifs is 1. The summed E-state index contributed by atoms with van der Waals surface area (Å²) in [6.07, 6.45) is 2.11. The van der Waals surface area contributed by atoms with Crippen molar-refractivity contribution in [2.24, 2.45) is 11.7 Å². The van der Waals surface area contributed by atoms with Gasteiger partial charge in [-0.2, -0.15) is 12.6 Å². The van der Waals surface area contributed by atoms with Crippen molar-refractivity contribution in [2.75, 3.05) is 12.4 Å². The number of aliphatic hydroxyl groups is 1. The molecule has 0 saturated heterocycles. The fourth-order valence-electron chi connectivity index (χ4n) is 3.55. The topological polar surface area (TPSA) is 187 Å². The van der Waals surface area contributed by atoms with Crippen LogP contribution in [-0.4, -0.2) is 75.4 Å². The number of thiol groups is 1. The fourth-order valence-corrected chi connectivity index (χ4v) is 3.80. The van der Waals surface area contributed by atoms with Gasteiger partial charge in [-0.15, -0.1) is 0 Å². The first-order chi connectivity index (χ1) is 16.6. The first-order valence-corrected chi connectivity index (χ1v) is 11.9. The van der Waals surface area contributed by atoms with Gasteiger partial charge in [-0.3, -0.25) is 14.4 Å². The molecule has 4 atom stereocenters. The van der Waals surface area contributed by atoms with Crippen molar-refractivity contribution in [3.05, 3.63) is 36.0 Å². The van der Waals surface area contributed by atoms with Crippen LogP contribution < -0.4 is 21.7 Å². The van der Waals surface area contributed by atoms with Crippen molar-refractivity contribution < 1.29 is 29.4 Å². The van der Waals surface area contributed by atoms with Crippen molar-refractivity contribution in [1.82, 2.24) is 20.9 Å². The number of rotatable bonds is 13. The minimum atomic E-state index is -1.35. The molecule has 1 aromatic carbocycles. The summed E-state index contributed by atoms with van der Waals surface area (Å²) in [6.45, 7) is 3.07. The number of amides is 3. The molecule has 11 nitrogen and oxygen atoms in total. The maximum atomic E-state index is 13.0. The molecule has 0 bridgehead atoms. The molecule has 0 aliphatic rings. The maximum absolute atomic E-state index is 13.0. The lowest BCUT2D eigenvalue weighted by Crippen LogP contribution is -2.58. The summed E-state index contributed by atoms with van der Waals surface area (Å²) in [6, 6.07) is 2.69. The lowest BCUT2D eigenvalue weighted by atomic mass is 10.0. The molecule has 8 N–H and O–H groups in total. The van der Waals surface area contributed by atoms with E-state index < -0.39 is 54.5 Å². The van der Waals surface area contributed by atoms with Gasteiger partial charge in [0.1, 0.15) is 18.1 Å². The molecule has 0 radical (unpaired) electrons. The standard InChI is InChI=1S/C23H33N5O6S/c1-12(2)7-15(24)20(30)27-18(10-29)22(32)26-17(21(31)28-19(11-35)23(33)34)8-13-9-25-16-6-4-3-5-14(13)16/h3-6,9,12,15,17-19,25,29,35H,7-8,10-11,24H2,1-2H3,(H,26,32)(H,27,30)(H,28,31)(H,33,34). The van der Waals surface area contributed by atoms with E-state index in [0.29, 0.717) is 12.0 Å². The van der Waals surface area contributed by atoms with Crippen LogP contribution in [0, 0.1) is 5.92 Å². The molecule has 1 aromatic heterocycles. The minimum Gasteiger partial charge on any atom is -0.480 e. The summed E-state index contributed by atoms with van der Waals surface area (Å²) >= 11 is 3.95. The molecule has 4 unspecified atom stereocenters. The molecule has 35 heavy (non-hydrogen) atoms. The molecule has 2 rings (SSSR count). The van der Waals surface area contributed by atoms with E-state index in [1.807, 2.05) is 38.1 Å². The fraction of sp³-hybridized carbons (Fsp3) is 0.478. The number of nitrogens with one attached hydrogen (secondary N) is 4. The molecule has 1 heterocycles. The summed E-state index contributed by atoms with van der Waals surface area (Å²) in [4.78, 5) is 52.7. The number of H-pyrrole nitrogens is 1. The number of hydrogen-bond acceptors (Lipinski definition) is 7. The Kier molecular flexibility index (Phi) is 10.6. The number of aliphatic carboxylic acids is 1. The molecule has 0 spiro atoms. The SMILES string of the molecule is CC(C)CC(N)C(=O)NC(CO)C(=O)NC(Cc1c[nH]c2ccccc12)C(=O)NC(CS)C(=O)O. The third-order valence-corrected chi connectivity index (χ3v) is 5.77. The molecule has 0 aliphatic heterocycles. The van der Waals surface area contributed by atoms with Crippen molar-refractivity contribution in [2.45, 2.75) is 50.9 Å². The van der Waals surface area contributed by atoms with Gasteiger partial charge < -0.3 is 36.9 Å². The number of nitrogens with two attached hydrogens (primary N) is 1. The monoisotopic (exact) mass is 507 g/mol. The number of hydrogen-bond donors (Lipinski definition) is 8. The van der Waals surface area contributed by atoms with Crippen LogP contribution in [0.15, 0.2) is 30.5 Å². The van der Waals surface area contributed by atoms with Crippen molar-refractivity contribution in [3.63, 3.8) is 0 Å². The number of aliphatic hydroxyl groups excluding tert-OH is 1. The van der Waals surface area contributed by atoms with Gasteiger partial charge in [0.05, 0.1) is 12.6 Å². The van der Waals surface area contributed by atoms with Crippen LogP contribution in [0.2, 0.25) is 0 Å². The van der Waals surface area contributed by atoms with E-state index in [2.05, 4.69) is 33.6 Å². The second-order valence-electron chi connectivity index (χ2n) is 8.69. The lowest BCUT2D eigenvalue weighted by molar-refractivity contribution is -0.141. The van der Waals surface area contributed by atoms with Crippen LogP contribution in [0.5, 0.6) is 0 Å². The highest BCUT2D eigenvalue weighted by atomic mass is 32.1. The Morgan fingerprint density at radius 2 is 1.60 bits per heavy atom. The van der Waals surface area contributed by atoms with E-state index in [-0.39, 0.29) is 18.1 Å². The predicted molar refractivity (Wildman–Crippen MR) is 134 cm³/mol. The van der Waals surface area contributed by atoms with E-state index >= 15 is 0 Å². The highest BCUT2D eigenvalue weighted by Gasteiger charge is 2.30. The van der Waals surface area contributed by atoms with Crippen molar-refractivity contribution >= 4 is 47.2 Å². The van der Waals surface area contributed by atoms with Gasteiger partial charge in [0.2, 0.25) is 17.7 Å². The van der Waals surface area contributed by atoms with Crippen LogP contribution in [0.25, 0.3) is 10.9 Å². The zero-order valence-corrected chi connectivity index (χ0v) is 20.5. The number of para-hydroxylation sites is 1. The van der Waals surface area contributed by atoms with E-state index in [4.69, 9.17) is 5.73 Å². The number of carbonyl (C=O) groups excluding carboxylic acids is 3. The zero-order valence-electron chi connectivity index (χ0n) is 19.7. The number of aromatic nitrogens is 1. The van der Waals surface area contributed by atoms with Gasteiger partial charge >= 0.3 is 5.97 Å². The van der Waals surface area contributed by atoms with Crippen LogP contribution >= 0.6 is 12.6 Å². The van der Waals surface area contributed by atoms with Gasteiger partial charge in [-0.25, -0.2) is 4.79 Å². The Morgan fingerprint density at radius 1 is 1.00 bits per heavy atom. The second kappa shape index (κ2) is 13.1. The first kappa shape index (κ1) is 28.1. The molecule has 2 aromatic rings. The second-order valence-corrected chi connectivity index (χ2v) is 9.05. The maximum Gasteiger partial charge on any atom is 0.327 e. The highest BCUT2D eigenvalue weighted by Crippen LogP contribution is 2.19. The Balaban J connectivity index is 2.22. The van der Waals surface area contributed by atoms with Crippen LogP contribution in [-0.2, 0) is 25.6 Å². The van der Waals surface area contributed by atoms with E-state index in [9.17, 15) is 29.4 Å². The molecular weight excluding hydrogens is 474 g/mol. The van der Waals surface area contributed by atoms with Crippen LogP contribution in [0.3, 0.4) is 0 Å². The minimum absolute atomic E-state index is 0.0272. The summed E-state index contributed by atoms with van der Waals surface area (Å²) in [7, 11) is 0. The lowest BCUT2D eigenvalue weighted by Gasteiger charge is -2.24. The Labute approximate surface area is 208 Å². The van der Waals surface area contributed by atoms with E-state index in [1.54, 1.807) is 6.20 Å². The summed E-state index contributed by atoms with van der Waals surface area (Å²) < 4.78 is 0. The van der Waals surface area contributed by atoms with Crippen molar-refractivity contribution in [3.8, 4) is 0 Å². The van der Waals surface area contributed by atoms with E-state index in [1.165, 1.54) is 0 Å². The Morgan fingerprint density at radius 3 is 2.20 bits per heavy atom. The number of aromatic amines is 1. The number of carbonyl (C=O) groups is 4. The van der Waals surface area contributed by atoms with Gasteiger partial charge in [0.25, 0.3) is 0 Å². The van der Waals surface area contributed by atoms with Crippen LogP contribution in [0.1, 0.15) is 25.8 Å². The van der Waals surface area contributed by atoms with Crippen molar-refractivity contribution in [1.29, 1.82) is 0 Å². The number of benzene rings is 1. The molecule has 192 valence electrons. The summed E-state index contributed by atoms with van der Waals surface area (Å²) in [5, 5.41) is 27.1. The number of carboxylic acid groups (broad SMARTS) is 1. The molecule has 0 fully saturated rings. The molecule has 0 aliphatic carbocycles.